The van der Waals surface area contributed by atoms with Crippen molar-refractivity contribution in [2.45, 2.75) is 30.1 Å². The number of carbonyl (C=O) groups is 1. The highest BCUT2D eigenvalue weighted by Gasteiger charge is 2.22. The summed E-state index contributed by atoms with van der Waals surface area (Å²) < 4.78 is 27.2. The Hall–Kier alpha value is -2.15. The van der Waals surface area contributed by atoms with Crippen molar-refractivity contribution in [3.8, 4) is 0 Å². The second-order valence-electron chi connectivity index (χ2n) is 6.55. The summed E-state index contributed by atoms with van der Waals surface area (Å²) in [5.74, 6) is -0.0181. The number of halogens is 1. The molecule has 0 radical (unpaired) electrons. The number of aliphatic hydroxyl groups is 1. The lowest BCUT2D eigenvalue weighted by Crippen LogP contribution is -2.26. The summed E-state index contributed by atoms with van der Waals surface area (Å²) in [6, 6.07) is 13.7. The summed E-state index contributed by atoms with van der Waals surface area (Å²) >= 11 is 5.79. The molecule has 1 aliphatic rings. The third-order valence-corrected chi connectivity index (χ3v) is 6.21. The summed E-state index contributed by atoms with van der Waals surface area (Å²) in [5.41, 5.74) is 1.94. The molecule has 142 valence electrons. The van der Waals surface area contributed by atoms with E-state index in [0.717, 1.165) is 11.1 Å². The molecule has 1 unspecified atom stereocenters. The molecular weight excluding hydrogens is 386 g/mol. The van der Waals surface area contributed by atoms with E-state index in [1.807, 2.05) is 24.3 Å². The molecule has 5 nitrogen and oxygen atoms in total. The Kier molecular flexibility index (Phi) is 5.99. The van der Waals surface area contributed by atoms with Crippen LogP contribution in [-0.4, -0.2) is 25.9 Å². The van der Waals surface area contributed by atoms with Gasteiger partial charge in [0.15, 0.2) is 5.78 Å². The molecule has 0 amide bonds. The number of carbonyl (C=O) groups excluding carboxylic acids is 1. The Morgan fingerprint density at radius 1 is 1.11 bits per heavy atom. The third kappa shape index (κ3) is 5.19. The summed E-state index contributed by atoms with van der Waals surface area (Å²) in [5, 5.41) is 10.2. The maximum Gasteiger partial charge on any atom is 0.240 e. The largest absolute Gasteiger partial charge is 0.512 e. The molecule has 1 aliphatic carbocycles. The molecule has 2 aromatic carbocycles. The van der Waals surface area contributed by atoms with E-state index in [1.54, 1.807) is 0 Å². The molecule has 3 rings (SSSR count). The second kappa shape index (κ2) is 8.25. The highest BCUT2D eigenvalue weighted by Crippen LogP contribution is 2.30. The van der Waals surface area contributed by atoms with E-state index in [1.165, 1.54) is 30.3 Å². The maximum atomic E-state index is 12.3. The zero-order valence-corrected chi connectivity index (χ0v) is 16.1. The summed E-state index contributed by atoms with van der Waals surface area (Å²) in [7, 11) is -3.59. The minimum atomic E-state index is -3.59. The summed E-state index contributed by atoms with van der Waals surface area (Å²) in [4.78, 5) is 11.8. The van der Waals surface area contributed by atoms with Crippen molar-refractivity contribution >= 4 is 27.4 Å². The van der Waals surface area contributed by atoms with Crippen LogP contribution in [-0.2, 0) is 21.2 Å². The highest BCUT2D eigenvalue weighted by molar-refractivity contribution is 7.89. The first-order valence-corrected chi connectivity index (χ1v) is 10.5. The normalized spacial score (nSPS) is 17.6. The molecule has 7 heteroatoms. The van der Waals surface area contributed by atoms with Crippen LogP contribution >= 0.6 is 11.6 Å². The van der Waals surface area contributed by atoms with Crippen LogP contribution in [0.4, 0.5) is 0 Å². The lowest BCUT2D eigenvalue weighted by atomic mass is 9.85. The molecule has 0 fully saturated rings. The van der Waals surface area contributed by atoms with Gasteiger partial charge in [0.1, 0.15) is 0 Å². The number of aliphatic hydroxyl groups excluding tert-OH is 1. The number of nitrogens with one attached hydrogen (secondary N) is 1. The average molecular weight is 406 g/mol. The Bertz CT molecular complexity index is 968. The number of rotatable bonds is 6. The van der Waals surface area contributed by atoms with E-state index < -0.39 is 10.0 Å². The van der Waals surface area contributed by atoms with Gasteiger partial charge in [-0.15, -0.1) is 0 Å². The maximum absolute atomic E-state index is 12.3. The summed E-state index contributed by atoms with van der Waals surface area (Å²) in [6.45, 7) is 0.253. The van der Waals surface area contributed by atoms with E-state index in [0.29, 0.717) is 24.3 Å². The lowest BCUT2D eigenvalue weighted by Gasteiger charge is -2.20. The van der Waals surface area contributed by atoms with Crippen LogP contribution in [0, 0.1) is 0 Å². The van der Waals surface area contributed by atoms with E-state index in [4.69, 9.17) is 11.6 Å². The Morgan fingerprint density at radius 2 is 1.85 bits per heavy atom. The lowest BCUT2D eigenvalue weighted by molar-refractivity contribution is -0.115. The fraction of sp³-hybridized carbons (Fsp3) is 0.250. The first-order chi connectivity index (χ1) is 12.8. The quantitative estimate of drug-likeness (QED) is 0.766. The fourth-order valence-corrected chi connectivity index (χ4v) is 4.29. The number of hydrogen-bond donors (Lipinski definition) is 2. The van der Waals surface area contributed by atoms with Crippen LogP contribution in [0.15, 0.2) is 65.3 Å². The Morgan fingerprint density at radius 3 is 2.56 bits per heavy atom. The summed E-state index contributed by atoms with van der Waals surface area (Å²) in [6.07, 6.45) is 2.62. The van der Waals surface area contributed by atoms with Gasteiger partial charge in [0, 0.05) is 30.5 Å². The van der Waals surface area contributed by atoms with Gasteiger partial charge in [-0.25, -0.2) is 13.1 Å². The van der Waals surface area contributed by atoms with Crippen molar-refractivity contribution in [1.82, 2.24) is 4.72 Å². The predicted molar refractivity (Wildman–Crippen MR) is 104 cm³/mol. The van der Waals surface area contributed by atoms with Crippen molar-refractivity contribution in [1.29, 1.82) is 0 Å². The van der Waals surface area contributed by atoms with Crippen molar-refractivity contribution in [3.05, 3.63) is 76.5 Å². The van der Waals surface area contributed by atoms with Crippen molar-refractivity contribution < 1.29 is 18.3 Å². The first kappa shape index (κ1) is 19.6. The molecule has 0 aromatic heterocycles. The van der Waals surface area contributed by atoms with Gasteiger partial charge < -0.3 is 5.11 Å². The van der Waals surface area contributed by atoms with Gasteiger partial charge in [-0.2, -0.15) is 0 Å². The molecule has 2 N–H and O–H groups in total. The van der Waals surface area contributed by atoms with E-state index in [-0.39, 0.29) is 28.9 Å². The Balaban J connectivity index is 1.63. The van der Waals surface area contributed by atoms with E-state index in [2.05, 4.69) is 4.72 Å². The topological polar surface area (TPSA) is 83.5 Å². The minimum Gasteiger partial charge on any atom is -0.512 e. The predicted octanol–water partition coefficient (Wildman–Crippen LogP) is 3.75. The molecule has 0 heterocycles. The van der Waals surface area contributed by atoms with Crippen LogP contribution in [0.25, 0.3) is 0 Å². The number of benzene rings is 2. The standard InChI is InChI=1S/C20H20ClNO4S/c21-17-4-6-20(7-5-17)27(25,26)22-9-8-14-2-1-3-15(10-14)16-11-18(23)13-19(24)12-16/h1-7,10,13,16,22-23H,8-9,11-12H2. The van der Waals surface area contributed by atoms with Gasteiger partial charge in [0.25, 0.3) is 0 Å². The zero-order valence-electron chi connectivity index (χ0n) is 14.6. The third-order valence-electron chi connectivity index (χ3n) is 4.48. The molecule has 27 heavy (non-hydrogen) atoms. The van der Waals surface area contributed by atoms with Crippen LogP contribution in [0.3, 0.4) is 0 Å². The van der Waals surface area contributed by atoms with Crippen molar-refractivity contribution in [3.63, 3.8) is 0 Å². The van der Waals surface area contributed by atoms with Gasteiger partial charge in [-0.05, 0) is 47.7 Å². The van der Waals surface area contributed by atoms with Crippen molar-refractivity contribution in [2.24, 2.45) is 0 Å². The van der Waals surface area contributed by atoms with Gasteiger partial charge in [0.05, 0.1) is 10.7 Å². The molecule has 0 saturated carbocycles. The monoisotopic (exact) mass is 405 g/mol. The Labute approximate surface area is 163 Å². The van der Waals surface area contributed by atoms with Crippen LogP contribution in [0.2, 0.25) is 5.02 Å². The minimum absolute atomic E-state index is 0.0480. The molecular formula is C20H20ClNO4S. The number of ketones is 1. The molecule has 2 aromatic rings. The number of allylic oxidation sites excluding steroid dienone is 2. The molecule has 0 bridgehead atoms. The van der Waals surface area contributed by atoms with Crippen molar-refractivity contribution in [2.75, 3.05) is 6.54 Å². The smallest absolute Gasteiger partial charge is 0.240 e. The average Bonchev–Trinajstić information content (AvgIpc) is 2.61. The highest BCUT2D eigenvalue weighted by atomic mass is 35.5. The van der Waals surface area contributed by atoms with E-state index in [9.17, 15) is 18.3 Å². The fourth-order valence-electron chi connectivity index (χ4n) is 3.14. The first-order valence-electron chi connectivity index (χ1n) is 8.60. The van der Waals surface area contributed by atoms with Crippen LogP contribution in [0.1, 0.15) is 29.9 Å². The van der Waals surface area contributed by atoms with Gasteiger partial charge in [-0.1, -0.05) is 35.9 Å². The molecule has 0 aliphatic heterocycles. The molecule has 0 saturated heterocycles. The number of sulfonamides is 1. The van der Waals surface area contributed by atoms with Gasteiger partial charge in [-0.3, -0.25) is 4.79 Å². The van der Waals surface area contributed by atoms with Crippen LogP contribution < -0.4 is 4.72 Å². The van der Waals surface area contributed by atoms with E-state index >= 15 is 0 Å². The van der Waals surface area contributed by atoms with Gasteiger partial charge >= 0.3 is 0 Å². The molecule has 1 atom stereocenters. The second-order valence-corrected chi connectivity index (χ2v) is 8.76. The number of hydrogen-bond acceptors (Lipinski definition) is 4. The van der Waals surface area contributed by atoms with Gasteiger partial charge in [0.2, 0.25) is 10.0 Å². The molecule has 0 spiro atoms. The van der Waals surface area contributed by atoms with Crippen LogP contribution in [0.5, 0.6) is 0 Å². The SMILES string of the molecule is O=C1C=C(O)CC(c2cccc(CCNS(=O)(=O)c3ccc(Cl)cc3)c2)C1. The zero-order chi connectivity index (χ0) is 19.4.